The minimum Gasteiger partial charge on any atom is -0.484 e. The van der Waals surface area contributed by atoms with E-state index in [0.29, 0.717) is 41.7 Å². The molecule has 4 rings (SSSR count). The van der Waals surface area contributed by atoms with E-state index >= 15 is 0 Å². The molecule has 1 aromatic heterocycles. The fourth-order valence-corrected chi connectivity index (χ4v) is 3.49. The van der Waals surface area contributed by atoms with Gasteiger partial charge in [-0.25, -0.2) is 4.98 Å². The van der Waals surface area contributed by atoms with Crippen LogP contribution in [-0.2, 0) is 6.54 Å². The summed E-state index contributed by atoms with van der Waals surface area (Å²) < 4.78 is 6.20. The van der Waals surface area contributed by atoms with Crippen LogP contribution < -0.4 is 15.4 Å². The standard InChI is InChI=1S/C21H21ClN6O3/c1-28(10-13-5-7-14(22)8-6-13)11-15-9-23-20(29)16-3-2-4-17(18(16)31-15)26-21(30)19-24-12-25-27-19/h2-8,12,15H,9-11H2,1H3,(H,23,29)(H,26,30)(H,24,25,27)/t15-/m0/s1. The van der Waals surface area contributed by atoms with Crippen molar-refractivity contribution in [3.8, 4) is 5.75 Å². The largest absolute Gasteiger partial charge is 0.484 e. The van der Waals surface area contributed by atoms with Crippen molar-refractivity contribution in [2.24, 2.45) is 0 Å². The van der Waals surface area contributed by atoms with Gasteiger partial charge in [-0.1, -0.05) is 29.8 Å². The van der Waals surface area contributed by atoms with Crippen LogP contribution in [0.4, 0.5) is 5.69 Å². The minimum atomic E-state index is -0.476. The summed E-state index contributed by atoms with van der Waals surface area (Å²) >= 11 is 5.95. The van der Waals surface area contributed by atoms with Crippen molar-refractivity contribution in [1.29, 1.82) is 0 Å². The lowest BCUT2D eigenvalue weighted by molar-refractivity contribution is 0.0942. The molecule has 0 saturated carbocycles. The first-order valence-electron chi connectivity index (χ1n) is 9.67. The molecule has 2 aromatic carbocycles. The van der Waals surface area contributed by atoms with Crippen molar-refractivity contribution >= 4 is 29.1 Å². The molecule has 0 spiro atoms. The SMILES string of the molecule is CN(Cc1ccc(Cl)cc1)C[C@@H]1CNC(=O)c2cccc(NC(=O)c3ncn[nH]3)c2O1. The van der Waals surface area contributed by atoms with Gasteiger partial charge < -0.3 is 15.4 Å². The zero-order chi connectivity index (χ0) is 21.8. The lowest BCUT2D eigenvalue weighted by Gasteiger charge is -2.24. The third kappa shape index (κ3) is 5.01. The number of aromatic amines is 1. The summed E-state index contributed by atoms with van der Waals surface area (Å²) in [6.07, 6.45) is 0.933. The first-order chi connectivity index (χ1) is 15.0. The van der Waals surface area contributed by atoms with Crippen LogP contribution in [0.5, 0.6) is 5.75 Å². The number of likely N-dealkylation sites (N-methyl/N-ethyl adjacent to an activating group) is 1. The molecule has 1 aliphatic rings. The second-order valence-electron chi connectivity index (χ2n) is 7.24. The number of benzene rings is 2. The van der Waals surface area contributed by atoms with E-state index in [9.17, 15) is 9.59 Å². The Kier molecular flexibility index (Phi) is 6.15. The third-order valence-electron chi connectivity index (χ3n) is 4.79. The first-order valence-corrected chi connectivity index (χ1v) is 10.0. The number of nitrogens with one attached hydrogen (secondary N) is 3. The summed E-state index contributed by atoms with van der Waals surface area (Å²) in [7, 11) is 1.98. The Balaban J connectivity index is 1.50. The van der Waals surface area contributed by atoms with Crippen molar-refractivity contribution in [2.75, 3.05) is 25.5 Å². The van der Waals surface area contributed by atoms with E-state index in [1.807, 2.05) is 31.3 Å². The zero-order valence-electron chi connectivity index (χ0n) is 16.8. The van der Waals surface area contributed by atoms with Crippen LogP contribution in [0.3, 0.4) is 0 Å². The molecule has 0 saturated heterocycles. The Hall–Kier alpha value is -3.43. The molecule has 0 radical (unpaired) electrons. The molecule has 2 heterocycles. The number of rotatable bonds is 6. The average Bonchev–Trinajstić information content (AvgIpc) is 3.24. The van der Waals surface area contributed by atoms with Gasteiger partial charge in [-0.2, -0.15) is 5.10 Å². The van der Waals surface area contributed by atoms with Crippen LogP contribution in [0.1, 0.15) is 26.5 Å². The summed E-state index contributed by atoms with van der Waals surface area (Å²) in [5.41, 5.74) is 1.87. The number of aromatic nitrogens is 3. The highest BCUT2D eigenvalue weighted by Gasteiger charge is 2.26. The van der Waals surface area contributed by atoms with E-state index in [1.165, 1.54) is 6.33 Å². The second-order valence-corrected chi connectivity index (χ2v) is 7.68. The number of para-hydroxylation sites is 1. The highest BCUT2D eigenvalue weighted by molar-refractivity contribution is 6.30. The van der Waals surface area contributed by atoms with Crippen LogP contribution in [0.25, 0.3) is 0 Å². The number of H-pyrrole nitrogens is 1. The predicted octanol–water partition coefficient (Wildman–Crippen LogP) is 2.33. The Morgan fingerprint density at radius 1 is 1.29 bits per heavy atom. The number of hydrogen-bond acceptors (Lipinski definition) is 6. The zero-order valence-corrected chi connectivity index (χ0v) is 17.5. The molecule has 10 heteroatoms. The molecule has 2 amide bonds. The number of halogens is 1. The van der Waals surface area contributed by atoms with Gasteiger partial charge in [0.05, 0.1) is 17.8 Å². The quantitative estimate of drug-likeness (QED) is 0.542. The second kappa shape index (κ2) is 9.15. The van der Waals surface area contributed by atoms with Gasteiger partial charge in [-0.15, -0.1) is 0 Å². The highest BCUT2D eigenvalue weighted by atomic mass is 35.5. The van der Waals surface area contributed by atoms with Crippen molar-refractivity contribution in [1.82, 2.24) is 25.4 Å². The highest BCUT2D eigenvalue weighted by Crippen LogP contribution is 2.32. The average molecular weight is 441 g/mol. The molecule has 1 aliphatic heterocycles. The smallest absolute Gasteiger partial charge is 0.293 e. The van der Waals surface area contributed by atoms with Crippen molar-refractivity contribution < 1.29 is 14.3 Å². The summed E-state index contributed by atoms with van der Waals surface area (Å²) in [6.45, 7) is 1.60. The Morgan fingerprint density at radius 3 is 2.84 bits per heavy atom. The summed E-state index contributed by atoms with van der Waals surface area (Å²) in [5, 5.41) is 12.5. The number of ether oxygens (including phenoxy) is 1. The van der Waals surface area contributed by atoms with Gasteiger partial charge in [0.15, 0.2) is 5.75 Å². The van der Waals surface area contributed by atoms with Gasteiger partial charge in [-0.3, -0.25) is 19.6 Å². The number of carbonyl (C=O) groups is 2. The summed E-state index contributed by atoms with van der Waals surface area (Å²) in [4.78, 5) is 30.9. The number of nitrogens with zero attached hydrogens (tertiary/aromatic N) is 3. The van der Waals surface area contributed by atoms with E-state index in [2.05, 4.69) is 30.7 Å². The van der Waals surface area contributed by atoms with E-state index in [4.69, 9.17) is 16.3 Å². The molecule has 0 fully saturated rings. The molecule has 3 N–H and O–H groups in total. The molecule has 3 aromatic rings. The van der Waals surface area contributed by atoms with Crippen molar-refractivity contribution in [2.45, 2.75) is 12.6 Å². The fourth-order valence-electron chi connectivity index (χ4n) is 3.36. The summed E-state index contributed by atoms with van der Waals surface area (Å²) in [5.74, 6) is -0.339. The van der Waals surface area contributed by atoms with E-state index in [1.54, 1.807) is 18.2 Å². The van der Waals surface area contributed by atoms with Gasteiger partial charge in [0.2, 0.25) is 5.82 Å². The number of anilines is 1. The Bertz CT molecular complexity index is 1070. The number of carbonyl (C=O) groups excluding carboxylic acids is 2. The number of amides is 2. The molecule has 31 heavy (non-hydrogen) atoms. The van der Waals surface area contributed by atoms with Crippen LogP contribution in [-0.4, -0.2) is 58.1 Å². The van der Waals surface area contributed by atoms with Gasteiger partial charge in [0.1, 0.15) is 12.4 Å². The topological polar surface area (TPSA) is 112 Å². The maximum absolute atomic E-state index is 12.6. The number of fused-ring (bicyclic) bond motifs is 1. The van der Waals surface area contributed by atoms with Crippen LogP contribution >= 0.6 is 11.6 Å². The van der Waals surface area contributed by atoms with Gasteiger partial charge in [-0.05, 0) is 36.9 Å². The van der Waals surface area contributed by atoms with Gasteiger partial charge in [0.25, 0.3) is 11.8 Å². The van der Waals surface area contributed by atoms with E-state index in [0.717, 1.165) is 5.56 Å². The van der Waals surface area contributed by atoms with Gasteiger partial charge in [0, 0.05) is 18.1 Å². The molecular formula is C21H21ClN6O3. The van der Waals surface area contributed by atoms with Crippen molar-refractivity contribution in [3.63, 3.8) is 0 Å². The number of hydrogen-bond donors (Lipinski definition) is 3. The molecule has 0 unspecified atom stereocenters. The van der Waals surface area contributed by atoms with Gasteiger partial charge >= 0.3 is 0 Å². The molecular weight excluding hydrogens is 420 g/mol. The van der Waals surface area contributed by atoms with E-state index < -0.39 is 5.91 Å². The predicted molar refractivity (Wildman–Crippen MR) is 115 cm³/mol. The van der Waals surface area contributed by atoms with Crippen molar-refractivity contribution in [3.05, 3.63) is 70.8 Å². The maximum atomic E-state index is 12.6. The molecule has 9 nitrogen and oxygen atoms in total. The van der Waals surface area contributed by atoms with Crippen LogP contribution in [0.15, 0.2) is 48.8 Å². The normalized spacial score (nSPS) is 15.6. The van der Waals surface area contributed by atoms with Crippen LogP contribution in [0.2, 0.25) is 5.02 Å². The lowest BCUT2D eigenvalue weighted by atomic mass is 10.1. The first kappa shape index (κ1) is 20.8. The molecule has 0 bridgehead atoms. The van der Waals surface area contributed by atoms with E-state index in [-0.39, 0.29) is 17.8 Å². The molecule has 0 aliphatic carbocycles. The molecule has 160 valence electrons. The van der Waals surface area contributed by atoms with Crippen LogP contribution in [0, 0.1) is 0 Å². The molecule has 1 atom stereocenters. The summed E-state index contributed by atoms with van der Waals surface area (Å²) in [6, 6.07) is 12.7. The third-order valence-corrected chi connectivity index (χ3v) is 5.05. The Labute approximate surface area is 183 Å². The lowest BCUT2D eigenvalue weighted by Crippen LogP contribution is -2.39. The fraction of sp³-hybridized carbons (Fsp3) is 0.238. The Morgan fingerprint density at radius 2 is 2.10 bits per heavy atom. The minimum absolute atomic E-state index is 0.0647. The maximum Gasteiger partial charge on any atom is 0.293 e. The monoisotopic (exact) mass is 440 g/mol.